The molecule has 1 aromatic rings. The highest BCUT2D eigenvalue weighted by Crippen LogP contribution is 2.21. The zero-order valence-electron chi connectivity index (χ0n) is 9.72. The molecule has 1 N–H and O–H groups in total. The van der Waals surface area contributed by atoms with Crippen LogP contribution in [0.5, 0.6) is 0 Å². The molecule has 0 saturated carbocycles. The molecule has 1 aliphatic rings. The van der Waals surface area contributed by atoms with E-state index in [1.54, 1.807) is 12.1 Å². The molecule has 1 atom stereocenters. The minimum Gasteiger partial charge on any atom is -0.465 e. The maximum atomic E-state index is 12.2. The van der Waals surface area contributed by atoms with Gasteiger partial charge < -0.3 is 5.11 Å². The van der Waals surface area contributed by atoms with Gasteiger partial charge >= 0.3 is 6.09 Å². The van der Waals surface area contributed by atoms with Gasteiger partial charge in [0.2, 0.25) is 0 Å². The van der Waals surface area contributed by atoms with Crippen molar-refractivity contribution in [3.63, 3.8) is 0 Å². The first-order chi connectivity index (χ1) is 8.09. The minimum absolute atomic E-state index is 0.0893. The Balaban J connectivity index is 2.23. The predicted octanol–water partition coefficient (Wildman–Crippen LogP) is 2.32. The molecule has 2 rings (SSSR count). The van der Waals surface area contributed by atoms with Gasteiger partial charge in [-0.2, -0.15) is 0 Å². The van der Waals surface area contributed by atoms with Gasteiger partial charge in [-0.3, -0.25) is 9.69 Å². The molecule has 1 aliphatic heterocycles. The van der Waals surface area contributed by atoms with Crippen LogP contribution in [-0.4, -0.2) is 34.5 Å². The summed E-state index contributed by atoms with van der Waals surface area (Å²) in [5.74, 6) is -0.0893. The summed E-state index contributed by atoms with van der Waals surface area (Å²) in [6, 6.07) is 6.78. The largest absolute Gasteiger partial charge is 0.465 e. The number of likely N-dealkylation sites (tertiary alicyclic amines) is 1. The average Bonchev–Trinajstić information content (AvgIpc) is 2.77. The number of carboxylic acid groups (broad SMARTS) is 1. The maximum absolute atomic E-state index is 12.2. The molecule has 1 aromatic carbocycles. The number of hydrogen-bond acceptors (Lipinski definition) is 2. The Hall–Kier alpha value is -1.84. The highest BCUT2D eigenvalue weighted by Gasteiger charge is 2.34. The molecule has 0 spiro atoms. The van der Waals surface area contributed by atoms with Crippen LogP contribution < -0.4 is 0 Å². The SMILES string of the molecule is Cc1cccc(C(=O)[C@H]2CCCN2C(=O)O)c1. The second-order valence-corrected chi connectivity index (χ2v) is 4.37. The van der Waals surface area contributed by atoms with E-state index in [1.165, 1.54) is 4.90 Å². The highest BCUT2D eigenvalue weighted by atomic mass is 16.4. The lowest BCUT2D eigenvalue weighted by atomic mass is 10.0. The number of amides is 1. The van der Waals surface area contributed by atoms with Crippen molar-refractivity contribution in [2.75, 3.05) is 6.54 Å². The van der Waals surface area contributed by atoms with Gasteiger partial charge in [0.25, 0.3) is 0 Å². The number of carbonyl (C=O) groups is 2. The van der Waals surface area contributed by atoms with Gasteiger partial charge in [0.05, 0.1) is 6.04 Å². The van der Waals surface area contributed by atoms with Crippen molar-refractivity contribution >= 4 is 11.9 Å². The summed E-state index contributed by atoms with van der Waals surface area (Å²) >= 11 is 0. The van der Waals surface area contributed by atoms with Gasteiger partial charge in [-0.15, -0.1) is 0 Å². The van der Waals surface area contributed by atoms with Crippen LogP contribution in [0.4, 0.5) is 4.79 Å². The van der Waals surface area contributed by atoms with Gasteiger partial charge in [-0.05, 0) is 25.8 Å². The smallest absolute Gasteiger partial charge is 0.407 e. The summed E-state index contributed by atoms with van der Waals surface area (Å²) < 4.78 is 0. The molecule has 0 radical (unpaired) electrons. The number of rotatable bonds is 2. The molecule has 4 heteroatoms. The van der Waals surface area contributed by atoms with Crippen molar-refractivity contribution in [3.8, 4) is 0 Å². The molecular weight excluding hydrogens is 218 g/mol. The van der Waals surface area contributed by atoms with Gasteiger partial charge in [-0.1, -0.05) is 23.8 Å². The van der Waals surface area contributed by atoms with Gasteiger partial charge in [0.1, 0.15) is 0 Å². The quantitative estimate of drug-likeness (QED) is 0.797. The first kappa shape index (κ1) is 11.6. The molecule has 1 heterocycles. The van der Waals surface area contributed by atoms with Gasteiger partial charge in [0.15, 0.2) is 5.78 Å². The molecule has 1 saturated heterocycles. The van der Waals surface area contributed by atoms with Gasteiger partial charge in [0, 0.05) is 12.1 Å². The van der Waals surface area contributed by atoms with Crippen molar-refractivity contribution in [1.29, 1.82) is 0 Å². The van der Waals surface area contributed by atoms with E-state index in [1.807, 2.05) is 19.1 Å². The molecule has 0 aliphatic carbocycles. The van der Waals surface area contributed by atoms with Crippen LogP contribution in [0, 0.1) is 6.92 Å². The monoisotopic (exact) mass is 233 g/mol. The van der Waals surface area contributed by atoms with E-state index >= 15 is 0 Å². The van der Waals surface area contributed by atoms with Crippen LogP contribution in [0.1, 0.15) is 28.8 Å². The van der Waals surface area contributed by atoms with Crippen molar-refractivity contribution in [2.45, 2.75) is 25.8 Å². The summed E-state index contributed by atoms with van der Waals surface area (Å²) in [6.07, 6.45) is 0.377. The predicted molar refractivity (Wildman–Crippen MR) is 63.3 cm³/mol. The number of nitrogens with zero attached hydrogens (tertiary/aromatic N) is 1. The zero-order chi connectivity index (χ0) is 12.4. The second-order valence-electron chi connectivity index (χ2n) is 4.37. The maximum Gasteiger partial charge on any atom is 0.407 e. The average molecular weight is 233 g/mol. The van der Waals surface area contributed by atoms with Crippen molar-refractivity contribution < 1.29 is 14.7 Å². The molecule has 4 nitrogen and oxygen atoms in total. The van der Waals surface area contributed by atoms with E-state index in [4.69, 9.17) is 5.11 Å². The molecule has 1 fully saturated rings. The third kappa shape index (κ3) is 2.30. The Morgan fingerprint density at radius 3 is 2.82 bits per heavy atom. The minimum atomic E-state index is -1.01. The fraction of sp³-hybridized carbons (Fsp3) is 0.385. The van der Waals surface area contributed by atoms with Crippen molar-refractivity contribution in [1.82, 2.24) is 4.90 Å². The number of Topliss-reactive ketones (excluding diaryl/α,β-unsaturated/α-hetero) is 1. The summed E-state index contributed by atoms with van der Waals surface area (Å²) in [5.41, 5.74) is 1.61. The molecule has 1 amide bonds. The van der Waals surface area contributed by atoms with E-state index in [-0.39, 0.29) is 5.78 Å². The zero-order valence-corrected chi connectivity index (χ0v) is 9.72. The van der Waals surface area contributed by atoms with Crippen LogP contribution in [0.3, 0.4) is 0 Å². The van der Waals surface area contributed by atoms with Gasteiger partial charge in [-0.25, -0.2) is 4.79 Å². The topological polar surface area (TPSA) is 57.6 Å². The first-order valence-corrected chi connectivity index (χ1v) is 5.70. The Bertz CT molecular complexity index is 456. The molecular formula is C13H15NO3. The Morgan fingerprint density at radius 2 is 2.18 bits per heavy atom. The number of hydrogen-bond donors (Lipinski definition) is 1. The standard InChI is InChI=1S/C13H15NO3/c1-9-4-2-5-10(8-9)12(15)11-6-3-7-14(11)13(16)17/h2,4-5,8,11H,3,6-7H2,1H3,(H,16,17)/t11-/m1/s1. The molecule has 0 unspecified atom stereocenters. The number of benzene rings is 1. The summed E-state index contributed by atoms with van der Waals surface area (Å²) in [4.78, 5) is 24.4. The summed E-state index contributed by atoms with van der Waals surface area (Å²) in [6.45, 7) is 2.37. The van der Waals surface area contributed by atoms with Crippen molar-refractivity contribution in [3.05, 3.63) is 35.4 Å². The Labute approximate surface area is 99.9 Å². The third-order valence-corrected chi connectivity index (χ3v) is 3.10. The number of aryl methyl sites for hydroxylation is 1. The Kier molecular flexibility index (Phi) is 3.13. The van der Waals surface area contributed by atoms with Crippen LogP contribution in [0.2, 0.25) is 0 Å². The van der Waals surface area contributed by atoms with Crippen LogP contribution in [0.15, 0.2) is 24.3 Å². The molecule has 17 heavy (non-hydrogen) atoms. The lowest BCUT2D eigenvalue weighted by Gasteiger charge is -2.20. The fourth-order valence-corrected chi connectivity index (χ4v) is 2.26. The lowest BCUT2D eigenvalue weighted by molar-refractivity contribution is 0.0845. The summed E-state index contributed by atoms with van der Waals surface area (Å²) in [5, 5.41) is 9.01. The first-order valence-electron chi connectivity index (χ1n) is 5.70. The third-order valence-electron chi connectivity index (χ3n) is 3.10. The van der Waals surface area contributed by atoms with E-state index in [2.05, 4.69) is 0 Å². The molecule has 0 aromatic heterocycles. The van der Waals surface area contributed by atoms with Crippen LogP contribution in [-0.2, 0) is 0 Å². The van der Waals surface area contributed by atoms with E-state index in [0.717, 1.165) is 12.0 Å². The second kappa shape index (κ2) is 4.57. The molecule has 0 bridgehead atoms. The van der Waals surface area contributed by atoms with E-state index in [0.29, 0.717) is 18.5 Å². The van der Waals surface area contributed by atoms with Crippen molar-refractivity contribution in [2.24, 2.45) is 0 Å². The molecule has 90 valence electrons. The fourth-order valence-electron chi connectivity index (χ4n) is 2.26. The van der Waals surface area contributed by atoms with Crippen LogP contribution in [0.25, 0.3) is 0 Å². The van der Waals surface area contributed by atoms with E-state index in [9.17, 15) is 9.59 Å². The highest BCUT2D eigenvalue weighted by molar-refractivity contribution is 6.01. The van der Waals surface area contributed by atoms with E-state index < -0.39 is 12.1 Å². The number of carbonyl (C=O) groups excluding carboxylic acids is 1. The lowest BCUT2D eigenvalue weighted by Crippen LogP contribution is -2.39. The normalized spacial score (nSPS) is 19.4. The number of ketones is 1. The Morgan fingerprint density at radius 1 is 1.41 bits per heavy atom. The summed E-state index contributed by atoms with van der Waals surface area (Å²) in [7, 11) is 0. The van der Waals surface area contributed by atoms with Crippen LogP contribution >= 0.6 is 0 Å².